The summed E-state index contributed by atoms with van der Waals surface area (Å²) in [7, 11) is 1.26. The number of amides is 3. The molecule has 0 radical (unpaired) electrons. The normalized spacial score (nSPS) is 23.4. The minimum absolute atomic E-state index is 0.0556. The van der Waals surface area contributed by atoms with E-state index in [-0.39, 0.29) is 38.4 Å². The molecule has 11 nitrogen and oxygen atoms in total. The van der Waals surface area contributed by atoms with Crippen molar-refractivity contribution >= 4 is 23.9 Å². The van der Waals surface area contributed by atoms with Crippen molar-refractivity contribution < 1.29 is 33.9 Å². The lowest BCUT2D eigenvalue weighted by molar-refractivity contribution is -0.148. The number of methoxy groups -OCH3 is 1. The molecule has 1 aromatic rings. The summed E-state index contributed by atoms with van der Waals surface area (Å²) in [4.78, 5) is 57.5. The Morgan fingerprint density at radius 2 is 1.97 bits per heavy atom. The summed E-state index contributed by atoms with van der Waals surface area (Å²) in [5.41, 5.74) is 3.68. The molecule has 174 valence electrons. The molecule has 4 unspecified atom stereocenters. The van der Waals surface area contributed by atoms with E-state index < -0.39 is 42.1 Å². The quantitative estimate of drug-likeness (QED) is 0.483. The summed E-state index contributed by atoms with van der Waals surface area (Å²) in [5, 5.41) is 11.6. The molecule has 3 N–H and O–H groups in total. The molecule has 1 aromatic carbocycles. The summed E-state index contributed by atoms with van der Waals surface area (Å²) >= 11 is 0. The lowest BCUT2D eigenvalue weighted by Crippen LogP contribution is -2.62. The Kier molecular flexibility index (Phi) is 7.65. The number of fused-ring (bicyclic) bond motifs is 1. The van der Waals surface area contributed by atoms with E-state index in [9.17, 15) is 19.2 Å². The van der Waals surface area contributed by atoms with Crippen molar-refractivity contribution in [2.45, 2.75) is 44.6 Å². The maximum Gasteiger partial charge on any atom is 0.411 e. The van der Waals surface area contributed by atoms with Gasteiger partial charge in [-0.05, 0) is 12.0 Å². The van der Waals surface area contributed by atoms with Gasteiger partial charge >= 0.3 is 12.1 Å². The van der Waals surface area contributed by atoms with Gasteiger partial charge in [0.1, 0.15) is 18.2 Å². The molecule has 0 aliphatic carbocycles. The highest BCUT2D eigenvalue weighted by molar-refractivity contribution is 5.92. The fraction of sp³-hybridized carbons (Fsp3) is 0.524. The molecule has 2 aliphatic heterocycles. The number of aliphatic carboxylic acids is 1. The van der Waals surface area contributed by atoms with Crippen LogP contribution in [0, 0.1) is 5.92 Å². The SMILES string of the molecule is COC(=O)N1CCC(C(=O)NCC(C)C(=O)O)N2C(=O)C(NOCc3ccccc3)CC12. The second-order valence-corrected chi connectivity index (χ2v) is 7.86. The van der Waals surface area contributed by atoms with Crippen LogP contribution in [0.15, 0.2) is 30.3 Å². The molecule has 2 aliphatic rings. The lowest BCUT2D eigenvalue weighted by Gasteiger charge is -2.43. The van der Waals surface area contributed by atoms with E-state index in [0.717, 1.165) is 5.56 Å². The minimum Gasteiger partial charge on any atom is -0.481 e. The summed E-state index contributed by atoms with van der Waals surface area (Å²) in [6, 6.07) is 7.85. The Morgan fingerprint density at radius 1 is 1.25 bits per heavy atom. The first-order chi connectivity index (χ1) is 15.3. The van der Waals surface area contributed by atoms with Gasteiger partial charge in [-0.15, -0.1) is 0 Å². The monoisotopic (exact) mass is 448 g/mol. The molecule has 11 heteroatoms. The Labute approximate surface area is 185 Å². The van der Waals surface area contributed by atoms with Gasteiger partial charge in [-0.25, -0.2) is 4.79 Å². The summed E-state index contributed by atoms with van der Waals surface area (Å²) < 4.78 is 4.84. The molecule has 32 heavy (non-hydrogen) atoms. The van der Waals surface area contributed by atoms with Gasteiger partial charge in [0.15, 0.2) is 0 Å². The van der Waals surface area contributed by atoms with Gasteiger partial charge in [-0.3, -0.25) is 24.1 Å². The highest BCUT2D eigenvalue weighted by Gasteiger charge is 2.51. The predicted octanol–water partition coefficient (Wildman–Crippen LogP) is 0.312. The topological polar surface area (TPSA) is 138 Å². The molecule has 3 amide bonds. The lowest BCUT2D eigenvalue weighted by atomic mass is 10.1. The number of hydrogen-bond acceptors (Lipinski definition) is 7. The van der Waals surface area contributed by atoms with Crippen molar-refractivity contribution in [2.75, 3.05) is 20.2 Å². The van der Waals surface area contributed by atoms with Gasteiger partial charge in [0.25, 0.3) is 0 Å². The Bertz CT molecular complexity index is 850. The molecule has 3 rings (SSSR count). The Balaban J connectivity index is 1.68. The number of carboxylic acid groups (broad SMARTS) is 1. The third-order valence-electron chi connectivity index (χ3n) is 5.68. The fourth-order valence-corrected chi connectivity index (χ4v) is 3.89. The summed E-state index contributed by atoms with van der Waals surface area (Å²) in [6.45, 7) is 1.90. The number of hydrogen-bond donors (Lipinski definition) is 3. The van der Waals surface area contributed by atoms with Gasteiger partial charge in [-0.1, -0.05) is 37.3 Å². The van der Waals surface area contributed by atoms with Crippen molar-refractivity contribution in [2.24, 2.45) is 5.92 Å². The van der Waals surface area contributed by atoms with Crippen LogP contribution in [0.4, 0.5) is 4.79 Å². The third kappa shape index (κ3) is 5.17. The van der Waals surface area contributed by atoms with E-state index in [2.05, 4.69) is 10.8 Å². The maximum absolute atomic E-state index is 13.1. The molecule has 0 spiro atoms. The molecule has 0 bridgehead atoms. The first kappa shape index (κ1) is 23.5. The molecule has 2 heterocycles. The number of ether oxygens (including phenoxy) is 1. The highest BCUT2D eigenvalue weighted by atomic mass is 16.6. The number of nitrogens with zero attached hydrogens (tertiary/aromatic N) is 2. The number of carbonyl (C=O) groups is 4. The van der Waals surface area contributed by atoms with Gasteiger partial charge in [-0.2, -0.15) is 5.48 Å². The first-order valence-electron chi connectivity index (χ1n) is 10.4. The molecular formula is C21H28N4O7. The predicted molar refractivity (Wildman–Crippen MR) is 111 cm³/mol. The van der Waals surface area contributed by atoms with Crippen LogP contribution in [0.25, 0.3) is 0 Å². The maximum atomic E-state index is 13.1. The fourth-order valence-electron chi connectivity index (χ4n) is 3.89. The molecular weight excluding hydrogens is 420 g/mol. The second kappa shape index (κ2) is 10.4. The van der Waals surface area contributed by atoms with Crippen molar-refractivity contribution in [1.82, 2.24) is 20.6 Å². The smallest absolute Gasteiger partial charge is 0.411 e. The molecule has 2 fully saturated rings. The Hall–Kier alpha value is -3.18. The summed E-state index contributed by atoms with van der Waals surface area (Å²) in [6.07, 6.45) is -0.827. The van der Waals surface area contributed by atoms with E-state index in [1.807, 2.05) is 30.3 Å². The van der Waals surface area contributed by atoms with E-state index in [1.54, 1.807) is 0 Å². The van der Waals surface area contributed by atoms with Crippen molar-refractivity contribution in [3.8, 4) is 0 Å². The second-order valence-electron chi connectivity index (χ2n) is 7.86. The van der Waals surface area contributed by atoms with E-state index >= 15 is 0 Å². The zero-order valence-electron chi connectivity index (χ0n) is 18.0. The number of nitrogens with one attached hydrogen (secondary N) is 2. The average molecular weight is 448 g/mol. The largest absolute Gasteiger partial charge is 0.481 e. The van der Waals surface area contributed by atoms with Gasteiger partial charge in [0, 0.05) is 19.5 Å². The number of benzene rings is 1. The molecule has 0 aromatic heterocycles. The van der Waals surface area contributed by atoms with Crippen LogP contribution < -0.4 is 10.8 Å². The first-order valence-corrected chi connectivity index (χ1v) is 10.4. The van der Waals surface area contributed by atoms with Crippen molar-refractivity contribution in [3.63, 3.8) is 0 Å². The van der Waals surface area contributed by atoms with Gasteiger partial charge in [0.05, 0.1) is 19.6 Å². The minimum atomic E-state index is -1.03. The van der Waals surface area contributed by atoms with Crippen LogP contribution in [-0.4, -0.2) is 77.2 Å². The highest BCUT2D eigenvalue weighted by Crippen LogP contribution is 2.31. The molecule has 2 saturated heterocycles. The standard InChI is InChI=1S/C21H28N4O7/c1-13(20(28)29)11-22-18(26)16-8-9-24(21(30)31-2)17-10-15(19(27)25(16)17)23-32-12-14-6-4-3-5-7-14/h3-7,13,15-17,23H,8-12H2,1-2H3,(H,22,26)(H,28,29). The number of rotatable bonds is 8. The third-order valence-corrected chi connectivity index (χ3v) is 5.68. The van der Waals surface area contributed by atoms with Crippen molar-refractivity contribution in [3.05, 3.63) is 35.9 Å². The van der Waals surface area contributed by atoms with Gasteiger partial charge in [0.2, 0.25) is 11.8 Å². The van der Waals surface area contributed by atoms with E-state index in [1.165, 1.54) is 23.8 Å². The van der Waals surface area contributed by atoms with Crippen LogP contribution in [0.2, 0.25) is 0 Å². The van der Waals surface area contributed by atoms with E-state index in [4.69, 9.17) is 14.7 Å². The number of hydroxylamine groups is 1. The summed E-state index contributed by atoms with van der Waals surface area (Å²) in [5.74, 6) is -2.62. The van der Waals surface area contributed by atoms with E-state index in [0.29, 0.717) is 0 Å². The van der Waals surface area contributed by atoms with Crippen LogP contribution >= 0.6 is 0 Å². The zero-order chi connectivity index (χ0) is 23.3. The molecule has 0 saturated carbocycles. The van der Waals surface area contributed by atoms with Crippen LogP contribution in [-0.2, 0) is 30.6 Å². The van der Waals surface area contributed by atoms with Crippen LogP contribution in [0.1, 0.15) is 25.3 Å². The number of carbonyl (C=O) groups excluding carboxylic acids is 3. The van der Waals surface area contributed by atoms with Crippen LogP contribution in [0.3, 0.4) is 0 Å². The Morgan fingerprint density at radius 3 is 2.62 bits per heavy atom. The van der Waals surface area contributed by atoms with Gasteiger partial charge < -0.3 is 20.1 Å². The van der Waals surface area contributed by atoms with Crippen LogP contribution in [0.5, 0.6) is 0 Å². The molecule has 4 atom stereocenters. The zero-order valence-corrected chi connectivity index (χ0v) is 18.0. The average Bonchev–Trinajstić information content (AvgIpc) is 3.13. The number of carboxylic acids is 1. The van der Waals surface area contributed by atoms with Crippen molar-refractivity contribution in [1.29, 1.82) is 0 Å².